The SMILES string of the molecule is OC(c1ccoc1)c1c(F)cc(Br)cc1F. The van der Waals surface area contributed by atoms with Gasteiger partial charge in [0.05, 0.1) is 18.1 Å². The zero-order valence-electron chi connectivity index (χ0n) is 7.95. The minimum atomic E-state index is -1.37. The Morgan fingerprint density at radius 2 is 1.88 bits per heavy atom. The molecular weight excluding hydrogens is 282 g/mol. The summed E-state index contributed by atoms with van der Waals surface area (Å²) >= 11 is 2.96. The monoisotopic (exact) mass is 288 g/mol. The summed E-state index contributed by atoms with van der Waals surface area (Å²) < 4.78 is 32.0. The van der Waals surface area contributed by atoms with Crippen LogP contribution in [-0.2, 0) is 0 Å². The van der Waals surface area contributed by atoms with Crippen LogP contribution in [0.1, 0.15) is 17.2 Å². The molecule has 5 heteroatoms. The Bertz CT molecular complexity index is 474. The Labute approximate surface area is 98.6 Å². The van der Waals surface area contributed by atoms with E-state index >= 15 is 0 Å². The topological polar surface area (TPSA) is 33.4 Å². The number of aliphatic hydroxyl groups excluding tert-OH is 1. The molecule has 2 rings (SSSR count). The van der Waals surface area contributed by atoms with E-state index in [9.17, 15) is 13.9 Å². The molecule has 0 saturated carbocycles. The first kappa shape index (κ1) is 11.3. The molecule has 0 fully saturated rings. The highest BCUT2D eigenvalue weighted by atomic mass is 79.9. The number of hydrogen-bond acceptors (Lipinski definition) is 2. The van der Waals surface area contributed by atoms with Crippen LogP contribution in [0.25, 0.3) is 0 Å². The highest BCUT2D eigenvalue weighted by molar-refractivity contribution is 9.10. The zero-order chi connectivity index (χ0) is 11.7. The molecule has 0 aliphatic carbocycles. The Morgan fingerprint density at radius 1 is 1.25 bits per heavy atom. The van der Waals surface area contributed by atoms with Gasteiger partial charge >= 0.3 is 0 Å². The molecule has 1 unspecified atom stereocenters. The summed E-state index contributed by atoms with van der Waals surface area (Å²) in [6, 6.07) is 3.65. The van der Waals surface area contributed by atoms with Gasteiger partial charge in [0.15, 0.2) is 0 Å². The van der Waals surface area contributed by atoms with E-state index in [2.05, 4.69) is 15.9 Å². The molecule has 0 amide bonds. The second-order valence-corrected chi connectivity index (χ2v) is 4.16. The van der Waals surface area contributed by atoms with E-state index in [1.807, 2.05) is 0 Å². The highest BCUT2D eigenvalue weighted by Gasteiger charge is 2.21. The average Bonchev–Trinajstić information content (AvgIpc) is 2.67. The predicted octanol–water partition coefficient (Wildman–Crippen LogP) is 3.40. The molecule has 0 saturated heterocycles. The van der Waals surface area contributed by atoms with Crippen molar-refractivity contribution in [3.63, 3.8) is 0 Å². The third kappa shape index (κ3) is 2.01. The van der Waals surface area contributed by atoms with Gasteiger partial charge < -0.3 is 9.52 Å². The largest absolute Gasteiger partial charge is 0.472 e. The van der Waals surface area contributed by atoms with Gasteiger partial charge in [0.1, 0.15) is 17.7 Å². The van der Waals surface area contributed by atoms with Crippen molar-refractivity contribution in [1.82, 2.24) is 0 Å². The van der Waals surface area contributed by atoms with Gasteiger partial charge in [-0.3, -0.25) is 0 Å². The second-order valence-electron chi connectivity index (χ2n) is 3.24. The summed E-state index contributed by atoms with van der Waals surface area (Å²) in [5.41, 5.74) is -0.0790. The second kappa shape index (κ2) is 4.35. The van der Waals surface area contributed by atoms with E-state index in [1.165, 1.54) is 18.6 Å². The molecule has 0 radical (unpaired) electrons. The van der Waals surface area contributed by atoms with Gasteiger partial charge in [0, 0.05) is 10.0 Å². The molecule has 0 spiro atoms. The first-order chi connectivity index (χ1) is 7.59. The Kier molecular flexibility index (Phi) is 3.07. The highest BCUT2D eigenvalue weighted by Crippen LogP contribution is 2.29. The van der Waals surface area contributed by atoms with Crippen molar-refractivity contribution in [3.8, 4) is 0 Å². The fraction of sp³-hybridized carbons (Fsp3) is 0.0909. The fourth-order valence-electron chi connectivity index (χ4n) is 1.41. The zero-order valence-corrected chi connectivity index (χ0v) is 9.54. The first-order valence-electron chi connectivity index (χ1n) is 4.44. The van der Waals surface area contributed by atoms with Gasteiger partial charge in [-0.2, -0.15) is 0 Å². The number of aliphatic hydroxyl groups is 1. The van der Waals surface area contributed by atoms with Gasteiger partial charge in [-0.15, -0.1) is 0 Å². The lowest BCUT2D eigenvalue weighted by atomic mass is 10.0. The first-order valence-corrected chi connectivity index (χ1v) is 5.23. The molecule has 1 N–H and O–H groups in total. The molecule has 84 valence electrons. The summed E-state index contributed by atoms with van der Waals surface area (Å²) in [4.78, 5) is 0. The van der Waals surface area contributed by atoms with E-state index in [-0.39, 0.29) is 10.0 Å². The van der Waals surface area contributed by atoms with Crippen LogP contribution in [-0.4, -0.2) is 5.11 Å². The lowest BCUT2D eigenvalue weighted by Crippen LogP contribution is -2.05. The Balaban J connectivity index is 2.48. The van der Waals surface area contributed by atoms with E-state index in [0.29, 0.717) is 5.56 Å². The van der Waals surface area contributed by atoms with Crippen molar-refractivity contribution in [2.45, 2.75) is 6.10 Å². The lowest BCUT2D eigenvalue weighted by Gasteiger charge is -2.11. The van der Waals surface area contributed by atoms with Crippen LogP contribution in [0.3, 0.4) is 0 Å². The number of hydrogen-bond donors (Lipinski definition) is 1. The van der Waals surface area contributed by atoms with Crippen molar-refractivity contribution in [1.29, 1.82) is 0 Å². The van der Waals surface area contributed by atoms with Gasteiger partial charge in [-0.25, -0.2) is 8.78 Å². The average molecular weight is 289 g/mol. The molecule has 0 aliphatic rings. The van der Waals surface area contributed by atoms with Crippen LogP contribution < -0.4 is 0 Å². The minimum absolute atomic E-state index is 0.283. The lowest BCUT2D eigenvalue weighted by molar-refractivity contribution is 0.208. The van der Waals surface area contributed by atoms with E-state index < -0.39 is 17.7 Å². The maximum atomic E-state index is 13.5. The molecule has 16 heavy (non-hydrogen) atoms. The van der Waals surface area contributed by atoms with Crippen LogP contribution in [0.15, 0.2) is 39.6 Å². The molecule has 2 nitrogen and oxygen atoms in total. The van der Waals surface area contributed by atoms with Crippen molar-refractivity contribution >= 4 is 15.9 Å². The number of halogens is 3. The van der Waals surface area contributed by atoms with Crippen LogP contribution in [0.4, 0.5) is 8.78 Å². The fourth-order valence-corrected chi connectivity index (χ4v) is 1.81. The number of benzene rings is 1. The van der Waals surface area contributed by atoms with E-state index in [4.69, 9.17) is 4.42 Å². The van der Waals surface area contributed by atoms with E-state index in [1.54, 1.807) is 0 Å². The van der Waals surface area contributed by atoms with Gasteiger partial charge in [0.25, 0.3) is 0 Å². The van der Waals surface area contributed by atoms with Crippen LogP contribution in [0, 0.1) is 11.6 Å². The quantitative estimate of drug-likeness (QED) is 0.919. The summed E-state index contributed by atoms with van der Waals surface area (Å²) in [6.07, 6.45) is 1.20. The summed E-state index contributed by atoms with van der Waals surface area (Å²) in [6.45, 7) is 0. The van der Waals surface area contributed by atoms with Crippen molar-refractivity contribution in [2.24, 2.45) is 0 Å². The molecule has 1 aromatic heterocycles. The van der Waals surface area contributed by atoms with Gasteiger partial charge in [-0.05, 0) is 18.2 Å². The molecule has 1 atom stereocenters. The van der Waals surface area contributed by atoms with Crippen LogP contribution in [0.5, 0.6) is 0 Å². The van der Waals surface area contributed by atoms with Crippen LogP contribution >= 0.6 is 15.9 Å². The number of furan rings is 1. The Morgan fingerprint density at radius 3 is 2.38 bits per heavy atom. The van der Waals surface area contributed by atoms with Gasteiger partial charge in [0.2, 0.25) is 0 Å². The molecule has 0 aliphatic heterocycles. The molecular formula is C11H7BrF2O2. The molecule has 0 bridgehead atoms. The minimum Gasteiger partial charge on any atom is -0.472 e. The third-order valence-electron chi connectivity index (χ3n) is 2.18. The summed E-state index contributed by atoms with van der Waals surface area (Å²) in [5, 5.41) is 9.78. The smallest absolute Gasteiger partial charge is 0.133 e. The van der Waals surface area contributed by atoms with Gasteiger partial charge in [-0.1, -0.05) is 15.9 Å². The third-order valence-corrected chi connectivity index (χ3v) is 2.63. The maximum Gasteiger partial charge on any atom is 0.133 e. The molecule has 1 heterocycles. The number of rotatable bonds is 2. The van der Waals surface area contributed by atoms with E-state index in [0.717, 1.165) is 12.1 Å². The van der Waals surface area contributed by atoms with Crippen LogP contribution in [0.2, 0.25) is 0 Å². The van der Waals surface area contributed by atoms with Crippen molar-refractivity contribution < 1.29 is 18.3 Å². The van der Waals surface area contributed by atoms with Crippen molar-refractivity contribution in [2.75, 3.05) is 0 Å². The Hall–Kier alpha value is -1.20. The van der Waals surface area contributed by atoms with Crippen molar-refractivity contribution in [3.05, 3.63) is 58.0 Å². The summed E-state index contributed by atoms with van der Waals surface area (Å²) in [7, 11) is 0. The standard InChI is InChI=1S/C11H7BrF2O2/c12-7-3-8(13)10(9(14)4-7)11(15)6-1-2-16-5-6/h1-5,11,15H. The predicted molar refractivity (Wildman–Crippen MR) is 56.8 cm³/mol. The molecule has 2 aromatic rings. The summed E-state index contributed by atoms with van der Waals surface area (Å²) in [5.74, 6) is -1.61. The normalized spacial score (nSPS) is 12.8. The molecule has 1 aromatic carbocycles. The maximum absolute atomic E-state index is 13.5.